The van der Waals surface area contributed by atoms with E-state index < -0.39 is 11.6 Å². The van der Waals surface area contributed by atoms with Crippen LogP contribution in [0.3, 0.4) is 0 Å². The molecule has 0 radical (unpaired) electrons. The summed E-state index contributed by atoms with van der Waals surface area (Å²) in [4.78, 5) is 12.2. The topological polar surface area (TPSA) is 17.1 Å². The normalized spacial score (nSPS) is 50.1. The van der Waals surface area contributed by atoms with Crippen molar-refractivity contribution in [3.63, 3.8) is 0 Å². The highest BCUT2D eigenvalue weighted by Crippen LogP contribution is 2.61. The second-order valence-corrected chi connectivity index (χ2v) is 6.03. The maximum absolute atomic E-state index is 14.5. The highest BCUT2D eigenvalue weighted by Gasteiger charge is 2.60. The molecule has 4 aliphatic carbocycles. The molecule has 0 aromatic rings. The average molecular weight is 222 g/mol. The minimum atomic E-state index is -0.871. The first kappa shape index (κ1) is 10.5. The van der Waals surface area contributed by atoms with Gasteiger partial charge in [-0.2, -0.15) is 0 Å². The number of alkyl halides is 1. The van der Waals surface area contributed by atoms with E-state index in [1.165, 1.54) is 6.42 Å². The highest BCUT2D eigenvalue weighted by atomic mass is 19.1. The maximum atomic E-state index is 14.5. The van der Waals surface area contributed by atoms with Gasteiger partial charge in [-0.15, -0.1) is 0 Å². The molecule has 3 atom stereocenters. The third kappa shape index (κ3) is 1.25. The van der Waals surface area contributed by atoms with Crippen molar-refractivity contribution in [1.29, 1.82) is 0 Å². The quantitative estimate of drug-likeness (QED) is 0.655. The summed E-state index contributed by atoms with van der Waals surface area (Å²) < 4.78 is 14.5. The fourth-order valence-corrected chi connectivity index (χ4v) is 4.63. The largest absolute Gasteiger partial charge is 0.294 e. The number of carbonyl (C=O) groups is 1. The Hall–Kier alpha value is -0.660. The zero-order chi connectivity index (χ0) is 11.3. The summed E-state index contributed by atoms with van der Waals surface area (Å²) in [5, 5.41) is 0. The Kier molecular flexibility index (Phi) is 2.24. The van der Waals surface area contributed by atoms with E-state index >= 15 is 0 Å². The van der Waals surface area contributed by atoms with Crippen LogP contribution in [0.2, 0.25) is 0 Å². The summed E-state index contributed by atoms with van der Waals surface area (Å²) in [6.07, 6.45) is 7.41. The highest BCUT2D eigenvalue weighted by molar-refractivity contribution is 5.95. The lowest BCUT2D eigenvalue weighted by atomic mass is 9.47. The van der Waals surface area contributed by atoms with Crippen LogP contribution in [0, 0.1) is 23.2 Å². The summed E-state index contributed by atoms with van der Waals surface area (Å²) in [5.41, 5.74) is -0.624. The fraction of sp³-hybridized carbons (Fsp3) is 0.786. The molecule has 4 aliphatic rings. The SMILES string of the molecule is CC=CC(=O)C12CC3CC(CC(C3)C1F)C2. The van der Waals surface area contributed by atoms with Crippen LogP contribution in [0.25, 0.3) is 0 Å². The minimum absolute atomic E-state index is 0.0570. The van der Waals surface area contributed by atoms with E-state index in [1.807, 2.05) is 6.92 Å². The van der Waals surface area contributed by atoms with Gasteiger partial charge in [0.25, 0.3) is 0 Å². The van der Waals surface area contributed by atoms with E-state index in [0.717, 1.165) is 25.7 Å². The molecule has 88 valence electrons. The lowest BCUT2D eigenvalue weighted by Crippen LogP contribution is -2.57. The molecule has 3 unspecified atom stereocenters. The molecule has 0 amide bonds. The molecule has 16 heavy (non-hydrogen) atoms. The Morgan fingerprint density at radius 1 is 1.25 bits per heavy atom. The van der Waals surface area contributed by atoms with E-state index in [1.54, 1.807) is 12.2 Å². The fourth-order valence-electron chi connectivity index (χ4n) is 4.63. The van der Waals surface area contributed by atoms with E-state index in [0.29, 0.717) is 11.8 Å². The van der Waals surface area contributed by atoms with Crippen molar-refractivity contribution in [1.82, 2.24) is 0 Å². The first-order chi connectivity index (χ1) is 7.65. The summed E-state index contributed by atoms with van der Waals surface area (Å²) in [7, 11) is 0. The molecular formula is C14H19FO. The standard InChI is InChI=1S/C14H19FO/c1-2-3-12(16)14-7-9-4-10(8-14)6-11(5-9)13(14)15/h2-3,9-11,13H,4-8H2,1H3. The van der Waals surface area contributed by atoms with Crippen molar-refractivity contribution < 1.29 is 9.18 Å². The van der Waals surface area contributed by atoms with Gasteiger partial charge in [0.15, 0.2) is 5.78 Å². The summed E-state index contributed by atoms with van der Waals surface area (Å²) >= 11 is 0. The van der Waals surface area contributed by atoms with Gasteiger partial charge in [0.2, 0.25) is 0 Å². The van der Waals surface area contributed by atoms with Crippen molar-refractivity contribution in [3.05, 3.63) is 12.2 Å². The monoisotopic (exact) mass is 222 g/mol. The van der Waals surface area contributed by atoms with E-state index in [-0.39, 0.29) is 11.7 Å². The second-order valence-electron chi connectivity index (χ2n) is 6.03. The van der Waals surface area contributed by atoms with E-state index in [2.05, 4.69) is 0 Å². The molecule has 0 N–H and O–H groups in total. The molecule has 4 saturated carbocycles. The van der Waals surface area contributed by atoms with Crippen molar-refractivity contribution >= 4 is 5.78 Å². The number of hydrogen-bond donors (Lipinski definition) is 0. The molecule has 2 heteroatoms. The van der Waals surface area contributed by atoms with E-state index in [9.17, 15) is 9.18 Å². The van der Waals surface area contributed by atoms with Gasteiger partial charge in [0, 0.05) is 0 Å². The van der Waals surface area contributed by atoms with Crippen LogP contribution < -0.4 is 0 Å². The van der Waals surface area contributed by atoms with Gasteiger partial charge in [0.1, 0.15) is 6.17 Å². The Morgan fingerprint density at radius 3 is 2.44 bits per heavy atom. The van der Waals surface area contributed by atoms with Gasteiger partial charge in [-0.3, -0.25) is 4.79 Å². The van der Waals surface area contributed by atoms with Gasteiger partial charge < -0.3 is 0 Å². The molecule has 0 heterocycles. The Labute approximate surface area is 96.1 Å². The number of rotatable bonds is 2. The molecular weight excluding hydrogens is 203 g/mol. The van der Waals surface area contributed by atoms with Crippen LogP contribution in [0.1, 0.15) is 39.0 Å². The minimum Gasteiger partial charge on any atom is -0.294 e. The zero-order valence-electron chi connectivity index (χ0n) is 9.79. The summed E-state index contributed by atoms with van der Waals surface area (Å²) in [6.45, 7) is 1.84. The van der Waals surface area contributed by atoms with Gasteiger partial charge in [-0.1, -0.05) is 6.08 Å². The van der Waals surface area contributed by atoms with Gasteiger partial charge in [-0.05, 0) is 62.9 Å². The molecule has 4 bridgehead atoms. The van der Waals surface area contributed by atoms with Gasteiger partial charge >= 0.3 is 0 Å². The second kappa shape index (κ2) is 3.41. The van der Waals surface area contributed by atoms with Crippen LogP contribution in [-0.2, 0) is 4.79 Å². The molecule has 4 fully saturated rings. The predicted molar refractivity (Wildman–Crippen MR) is 60.7 cm³/mol. The maximum Gasteiger partial charge on any atom is 0.164 e. The van der Waals surface area contributed by atoms with Crippen molar-refractivity contribution in [2.24, 2.45) is 23.2 Å². The molecule has 0 saturated heterocycles. The lowest BCUT2D eigenvalue weighted by Gasteiger charge is -2.57. The van der Waals surface area contributed by atoms with Crippen molar-refractivity contribution in [3.8, 4) is 0 Å². The lowest BCUT2D eigenvalue weighted by molar-refractivity contribution is -0.155. The molecule has 1 nitrogen and oxygen atoms in total. The molecule has 0 spiro atoms. The van der Waals surface area contributed by atoms with Gasteiger partial charge in [0.05, 0.1) is 5.41 Å². The number of carbonyl (C=O) groups excluding carboxylic acids is 1. The number of allylic oxidation sites excluding steroid dienone is 2. The predicted octanol–water partition coefficient (Wildman–Crippen LogP) is 3.30. The smallest absolute Gasteiger partial charge is 0.164 e. The van der Waals surface area contributed by atoms with E-state index in [4.69, 9.17) is 0 Å². The van der Waals surface area contributed by atoms with Crippen LogP contribution in [-0.4, -0.2) is 12.0 Å². The Morgan fingerprint density at radius 2 is 1.88 bits per heavy atom. The third-order valence-electron chi connectivity index (χ3n) is 5.00. The molecule has 0 aliphatic heterocycles. The van der Waals surface area contributed by atoms with Crippen LogP contribution in [0.5, 0.6) is 0 Å². The first-order valence-corrected chi connectivity index (χ1v) is 6.47. The van der Waals surface area contributed by atoms with Crippen molar-refractivity contribution in [2.45, 2.75) is 45.2 Å². The van der Waals surface area contributed by atoms with Crippen molar-refractivity contribution in [2.75, 3.05) is 0 Å². The molecule has 4 rings (SSSR count). The third-order valence-corrected chi connectivity index (χ3v) is 5.00. The molecule has 0 aromatic heterocycles. The molecule has 0 aromatic carbocycles. The van der Waals surface area contributed by atoms with Crippen LogP contribution >= 0.6 is 0 Å². The number of ketones is 1. The number of halogens is 1. The Balaban J connectivity index is 1.96. The summed E-state index contributed by atoms with van der Waals surface area (Å²) in [6, 6.07) is 0. The van der Waals surface area contributed by atoms with Crippen LogP contribution in [0.15, 0.2) is 12.2 Å². The summed E-state index contributed by atoms with van der Waals surface area (Å²) in [5.74, 6) is 1.49. The van der Waals surface area contributed by atoms with Crippen LogP contribution in [0.4, 0.5) is 4.39 Å². The zero-order valence-corrected chi connectivity index (χ0v) is 9.79. The first-order valence-electron chi connectivity index (χ1n) is 6.47. The Bertz CT molecular complexity index is 333. The number of hydrogen-bond acceptors (Lipinski definition) is 1. The van der Waals surface area contributed by atoms with Gasteiger partial charge in [-0.25, -0.2) is 4.39 Å². The average Bonchev–Trinajstić information content (AvgIpc) is 2.25.